The lowest BCUT2D eigenvalue weighted by atomic mass is 9.86. The van der Waals surface area contributed by atoms with Gasteiger partial charge < -0.3 is 0 Å². The summed E-state index contributed by atoms with van der Waals surface area (Å²) in [5, 5.41) is 5.16. The van der Waals surface area contributed by atoms with Crippen LogP contribution in [-0.2, 0) is 11.3 Å². The standard InChI is InChI=1S/C22H30N4O3/c1-2-15-26-22(29)18-13-7-6-12-17(18)20(25-26)21(28)24-23-19(27)14-8-11-16-9-4-3-5-10-16/h6-7,12-13,16H,2-5,8-11,14-15H2,1H3,(H,23,27)(H,24,28). The molecule has 1 aromatic carbocycles. The van der Waals surface area contributed by atoms with E-state index in [4.69, 9.17) is 0 Å². The highest BCUT2D eigenvalue weighted by Gasteiger charge is 2.17. The fraction of sp³-hybridized carbons (Fsp3) is 0.545. The first-order chi connectivity index (χ1) is 14.1. The van der Waals surface area contributed by atoms with Crippen molar-refractivity contribution in [2.75, 3.05) is 0 Å². The lowest BCUT2D eigenvalue weighted by Crippen LogP contribution is -2.42. The van der Waals surface area contributed by atoms with E-state index in [9.17, 15) is 14.4 Å². The molecule has 1 saturated carbocycles. The number of carbonyl (C=O) groups is 2. The van der Waals surface area contributed by atoms with Gasteiger partial charge in [0.1, 0.15) is 0 Å². The summed E-state index contributed by atoms with van der Waals surface area (Å²) in [6.45, 7) is 2.37. The molecule has 7 nitrogen and oxygen atoms in total. The van der Waals surface area contributed by atoms with E-state index in [2.05, 4.69) is 16.0 Å². The lowest BCUT2D eigenvalue weighted by Gasteiger charge is -2.21. The number of nitrogens with zero attached hydrogens (tertiary/aromatic N) is 2. The fourth-order valence-corrected chi connectivity index (χ4v) is 4.04. The number of nitrogens with one attached hydrogen (secondary N) is 2. The average Bonchev–Trinajstić information content (AvgIpc) is 2.75. The molecule has 0 atom stereocenters. The normalized spacial score (nSPS) is 14.7. The van der Waals surface area contributed by atoms with Gasteiger partial charge in [-0.2, -0.15) is 5.10 Å². The Bertz CT molecular complexity index is 916. The monoisotopic (exact) mass is 398 g/mol. The Morgan fingerprint density at radius 3 is 2.55 bits per heavy atom. The van der Waals surface area contributed by atoms with Crippen molar-refractivity contribution in [2.45, 2.75) is 71.3 Å². The molecule has 1 fully saturated rings. The average molecular weight is 399 g/mol. The Morgan fingerprint density at radius 2 is 1.83 bits per heavy atom. The van der Waals surface area contributed by atoms with E-state index < -0.39 is 5.91 Å². The molecule has 0 unspecified atom stereocenters. The predicted octanol–water partition coefficient (Wildman–Crippen LogP) is 3.32. The summed E-state index contributed by atoms with van der Waals surface area (Å²) in [5.41, 5.74) is 4.85. The van der Waals surface area contributed by atoms with Gasteiger partial charge in [-0.1, -0.05) is 57.2 Å². The second-order valence-electron chi connectivity index (χ2n) is 7.82. The van der Waals surface area contributed by atoms with E-state index in [-0.39, 0.29) is 17.2 Å². The van der Waals surface area contributed by atoms with Gasteiger partial charge in [0.15, 0.2) is 5.69 Å². The SMILES string of the molecule is CCCn1nc(C(=O)NNC(=O)CCCC2CCCCC2)c2ccccc2c1=O. The van der Waals surface area contributed by atoms with Crippen LogP contribution in [0.3, 0.4) is 0 Å². The Labute approximate surface area is 170 Å². The van der Waals surface area contributed by atoms with Gasteiger partial charge in [-0.15, -0.1) is 0 Å². The number of hydrogen-bond acceptors (Lipinski definition) is 4. The highest BCUT2D eigenvalue weighted by Crippen LogP contribution is 2.27. The van der Waals surface area contributed by atoms with Gasteiger partial charge in [-0.05, 0) is 31.2 Å². The van der Waals surface area contributed by atoms with Gasteiger partial charge >= 0.3 is 0 Å². The quantitative estimate of drug-likeness (QED) is 0.700. The molecule has 2 aromatic rings. The maximum atomic E-state index is 12.6. The van der Waals surface area contributed by atoms with E-state index in [1.807, 2.05) is 6.92 Å². The van der Waals surface area contributed by atoms with Crippen LogP contribution in [0.4, 0.5) is 0 Å². The van der Waals surface area contributed by atoms with Crippen molar-refractivity contribution in [1.82, 2.24) is 20.6 Å². The molecule has 1 aromatic heterocycles. The Morgan fingerprint density at radius 1 is 1.10 bits per heavy atom. The van der Waals surface area contributed by atoms with Gasteiger partial charge in [0.25, 0.3) is 11.5 Å². The summed E-state index contributed by atoms with van der Waals surface area (Å²) < 4.78 is 1.31. The third-order valence-electron chi connectivity index (χ3n) is 5.57. The molecular formula is C22H30N4O3. The molecule has 29 heavy (non-hydrogen) atoms. The van der Waals surface area contributed by atoms with E-state index in [1.54, 1.807) is 24.3 Å². The van der Waals surface area contributed by atoms with Crippen molar-refractivity contribution in [3.05, 3.63) is 40.3 Å². The molecule has 0 spiro atoms. The molecule has 2 amide bonds. The van der Waals surface area contributed by atoms with Gasteiger partial charge in [-0.3, -0.25) is 25.2 Å². The highest BCUT2D eigenvalue weighted by atomic mass is 16.2. The summed E-state index contributed by atoms with van der Waals surface area (Å²) in [6.07, 6.45) is 9.48. The minimum Gasteiger partial charge on any atom is -0.273 e. The van der Waals surface area contributed by atoms with Crippen molar-refractivity contribution in [1.29, 1.82) is 0 Å². The van der Waals surface area contributed by atoms with Crippen LogP contribution in [0.1, 0.15) is 75.2 Å². The van der Waals surface area contributed by atoms with E-state index in [0.29, 0.717) is 23.7 Å². The summed E-state index contributed by atoms with van der Waals surface area (Å²) in [5.74, 6) is 0.00773. The molecule has 0 aliphatic heterocycles. The topological polar surface area (TPSA) is 93.1 Å². The number of aryl methyl sites for hydroxylation is 1. The zero-order valence-corrected chi connectivity index (χ0v) is 17.1. The maximum Gasteiger partial charge on any atom is 0.290 e. The number of amides is 2. The Hall–Kier alpha value is -2.70. The third-order valence-corrected chi connectivity index (χ3v) is 5.57. The maximum absolute atomic E-state index is 12.6. The van der Waals surface area contributed by atoms with E-state index >= 15 is 0 Å². The van der Waals surface area contributed by atoms with Crippen LogP contribution in [0.15, 0.2) is 29.1 Å². The predicted molar refractivity (Wildman–Crippen MR) is 112 cm³/mol. The van der Waals surface area contributed by atoms with Crippen molar-refractivity contribution >= 4 is 22.6 Å². The number of aromatic nitrogens is 2. The number of fused-ring (bicyclic) bond motifs is 1. The first kappa shape index (κ1) is 21.0. The van der Waals surface area contributed by atoms with Crippen LogP contribution < -0.4 is 16.4 Å². The minimum absolute atomic E-state index is 0.135. The first-order valence-corrected chi connectivity index (χ1v) is 10.7. The van der Waals surface area contributed by atoms with Crippen molar-refractivity contribution < 1.29 is 9.59 Å². The second kappa shape index (κ2) is 10.2. The Balaban J connectivity index is 1.60. The number of benzene rings is 1. The molecule has 2 N–H and O–H groups in total. The van der Waals surface area contributed by atoms with Crippen molar-refractivity contribution in [3.8, 4) is 0 Å². The van der Waals surface area contributed by atoms with Crippen LogP contribution >= 0.6 is 0 Å². The third kappa shape index (κ3) is 5.43. The van der Waals surface area contributed by atoms with Crippen LogP contribution in [0.5, 0.6) is 0 Å². The molecule has 7 heteroatoms. The van der Waals surface area contributed by atoms with Gasteiger partial charge in [0.2, 0.25) is 5.91 Å². The Kier molecular flexibility index (Phi) is 7.38. The zero-order chi connectivity index (χ0) is 20.6. The van der Waals surface area contributed by atoms with Crippen LogP contribution in [-0.4, -0.2) is 21.6 Å². The molecule has 0 saturated heterocycles. The molecule has 0 bridgehead atoms. The van der Waals surface area contributed by atoms with Crippen LogP contribution in [0.2, 0.25) is 0 Å². The molecule has 1 heterocycles. The largest absolute Gasteiger partial charge is 0.290 e. The van der Waals surface area contributed by atoms with Gasteiger partial charge in [0, 0.05) is 18.4 Å². The highest BCUT2D eigenvalue weighted by molar-refractivity contribution is 6.05. The van der Waals surface area contributed by atoms with Crippen LogP contribution in [0.25, 0.3) is 10.8 Å². The fourth-order valence-electron chi connectivity index (χ4n) is 4.04. The minimum atomic E-state index is -0.522. The molecule has 3 rings (SSSR count). The summed E-state index contributed by atoms with van der Waals surface area (Å²) in [4.78, 5) is 37.3. The molecule has 1 aliphatic carbocycles. The van der Waals surface area contributed by atoms with Crippen molar-refractivity contribution in [2.24, 2.45) is 5.92 Å². The smallest absolute Gasteiger partial charge is 0.273 e. The zero-order valence-electron chi connectivity index (χ0n) is 17.1. The van der Waals surface area contributed by atoms with E-state index in [1.165, 1.54) is 36.8 Å². The molecular weight excluding hydrogens is 368 g/mol. The molecule has 0 radical (unpaired) electrons. The summed E-state index contributed by atoms with van der Waals surface area (Å²) in [7, 11) is 0. The van der Waals surface area contributed by atoms with E-state index in [0.717, 1.165) is 25.2 Å². The summed E-state index contributed by atoms with van der Waals surface area (Å²) in [6, 6.07) is 6.90. The lowest BCUT2D eigenvalue weighted by molar-refractivity contribution is -0.122. The second-order valence-corrected chi connectivity index (χ2v) is 7.82. The number of hydrazine groups is 1. The number of carbonyl (C=O) groups excluding carboxylic acids is 2. The van der Waals surface area contributed by atoms with Crippen LogP contribution in [0, 0.1) is 5.92 Å². The molecule has 156 valence electrons. The summed E-state index contributed by atoms with van der Waals surface area (Å²) >= 11 is 0. The van der Waals surface area contributed by atoms with Crippen molar-refractivity contribution in [3.63, 3.8) is 0 Å². The van der Waals surface area contributed by atoms with Gasteiger partial charge in [-0.25, -0.2) is 4.68 Å². The van der Waals surface area contributed by atoms with Gasteiger partial charge in [0.05, 0.1) is 5.39 Å². The number of hydrogen-bond donors (Lipinski definition) is 2. The number of rotatable bonds is 7. The first-order valence-electron chi connectivity index (χ1n) is 10.7. The molecule has 1 aliphatic rings.